The van der Waals surface area contributed by atoms with Crippen molar-refractivity contribution in [3.05, 3.63) is 41.9 Å². The number of aromatic nitrogens is 2. The van der Waals surface area contributed by atoms with Gasteiger partial charge in [-0.25, -0.2) is 17.7 Å². The van der Waals surface area contributed by atoms with Crippen LogP contribution >= 0.6 is 11.6 Å². The molecule has 0 unspecified atom stereocenters. The van der Waals surface area contributed by atoms with Crippen LogP contribution in [0.1, 0.15) is 6.42 Å². The first-order chi connectivity index (χ1) is 10.8. The summed E-state index contributed by atoms with van der Waals surface area (Å²) in [4.78, 5) is 16.0. The van der Waals surface area contributed by atoms with Gasteiger partial charge in [0.25, 0.3) is 0 Å². The molecule has 9 heteroatoms. The molecule has 2 aromatic rings. The van der Waals surface area contributed by atoms with E-state index in [4.69, 9.17) is 11.6 Å². The predicted octanol–water partition coefficient (Wildman–Crippen LogP) is 1.82. The van der Waals surface area contributed by atoms with Crippen molar-refractivity contribution >= 4 is 33.2 Å². The normalized spacial score (nSPS) is 11.7. The molecule has 1 heterocycles. The highest BCUT2D eigenvalue weighted by Gasteiger charge is 2.19. The molecule has 1 aromatic heterocycles. The van der Waals surface area contributed by atoms with Crippen molar-refractivity contribution in [2.24, 2.45) is 0 Å². The van der Waals surface area contributed by atoms with Crippen molar-refractivity contribution in [1.29, 1.82) is 0 Å². The Morgan fingerprint density at radius 2 is 2.13 bits per heavy atom. The first-order valence-electron chi connectivity index (χ1n) is 6.78. The van der Waals surface area contributed by atoms with Gasteiger partial charge in [0.05, 0.1) is 21.9 Å². The molecule has 7 nitrogen and oxygen atoms in total. The first-order valence-corrected chi connectivity index (χ1v) is 8.60. The second-order valence-corrected chi connectivity index (χ2v) is 7.59. The van der Waals surface area contributed by atoms with Crippen LogP contribution in [0.3, 0.4) is 0 Å². The number of benzene rings is 1. The summed E-state index contributed by atoms with van der Waals surface area (Å²) in [5, 5.41) is 2.91. The lowest BCUT2D eigenvalue weighted by Crippen LogP contribution is -2.22. The van der Waals surface area contributed by atoms with Crippen LogP contribution in [0.2, 0.25) is 5.02 Å². The van der Waals surface area contributed by atoms with E-state index in [1.165, 1.54) is 32.3 Å². The quantitative estimate of drug-likeness (QED) is 0.855. The van der Waals surface area contributed by atoms with Gasteiger partial charge in [0.1, 0.15) is 0 Å². The van der Waals surface area contributed by atoms with Gasteiger partial charge < -0.3 is 9.88 Å². The van der Waals surface area contributed by atoms with Crippen LogP contribution in [0.4, 0.5) is 5.69 Å². The molecule has 1 N–H and O–H groups in total. The van der Waals surface area contributed by atoms with E-state index in [-0.39, 0.29) is 27.9 Å². The van der Waals surface area contributed by atoms with Crippen LogP contribution in [-0.2, 0) is 21.4 Å². The molecule has 0 aliphatic heterocycles. The molecule has 0 saturated carbocycles. The summed E-state index contributed by atoms with van der Waals surface area (Å²) >= 11 is 6.03. The Balaban J connectivity index is 2.11. The fraction of sp³-hybridized carbons (Fsp3) is 0.286. The third-order valence-corrected chi connectivity index (χ3v) is 5.29. The summed E-state index contributed by atoms with van der Waals surface area (Å²) < 4.78 is 27.1. The number of nitrogens with zero attached hydrogens (tertiary/aromatic N) is 3. The molecule has 1 amide bonds. The van der Waals surface area contributed by atoms with Crippen molar-refractivity contribution in [1.82, 2.24) is 13.9 Å². The molecule has 0 radical (unpaired) electrons. The Morgan fingerprint density at radius 3 is 2.74 bits per heavy atom. The largest absolute Gasteiger partial charge is 0.337 e. The Kier molecular flexibility index (Phi) is 5.40. The minimum Gasteiger partial charge on any atom is -0.337 e. The fourth-order valence-electron chi connectivity index (χ4n) is 1.83. The van der Waals surface area contributed by atoms with Crippen molar-refractivity contribution < 1.29 is 13.2 Å². The van der Waals surface area contributed by atoms with Gasteiger partial charge in [-0.2, -0.15) is 0 Å². The number of carbonyl (C=O) groups excluding carboxylic acids is 1. The highest BCUT2D eigenvalue weighted by Crippen LogP contribution is 2.26. The number of amides is 1. The lowest BCUT2D eigenvalue weighted by molar-refractivity contribution is -0.116. The monoisotopic (exact) mass is 356 g/mol. The zero-order chi connectivity index (χ0) is 17.0. The average Bonchev–Trinajstić information content (AvgIpc) is 3.00. The Labute approximate surface area is 139 Å². The first kappa shape index (κ1) is 17.5. The number of nitrogens with one attached hydrogen (secondary N) is 1. The van der Waals surface area contributed by atoms with Gasteiger partial charge in [-0.1, -0.05) is 11.6 Å². The molecule has 0 aliphatic rings. The topological polar surface area (TPSA) is 84.3 Å². The Bertz CT molecular complexity index is 788. The van der Waals surface area contributed by atoms with E-state index >= 15 is 0 Å². The van der Waals surface area contributed by atoms with Crippen molar-refractivity contribution in [2.45, 2.75) is 17.9 Å². The minimum atomic E-state index is -3.59. The number of aryl methyl sites for hydroxylation is 1. The highest BCUT2D eigenvalue weighted by atomic mass is 35.5. The fourth-order valence-corrected chi connectivity index (χ4v) is 2.93. The van der Waals surface area contributed by atoms with E-state index in [1.807, 2.05) is 0 Å². The molecule has 0 bridgehead atoms. The summed E-state index contributed by atoms with van der Waals surface area (Å²) in [5.74, 6) is -0.264. The summed E-state index contributed by atoms with van der Waals surface area (Å²) in [6.45, 7) is 0.471. The van der Waals surface area contributed by atoms with Crippen LogP contribution in [0.25, 0.3) is 0 Å². The minimum absolute atomic E-state index is 0.0665. The second-order valence-electron chi connectivity index (χ2n) is 5.03. The lowest BCUT2D eigenvalue weighted by Gasteiger charge is -2.14. The van der Waals surface area contributed by atoms with E-state index in [9.17, 15) is 13.2 Å². The molecule has 1 aromatic carbocycles. The van der Waals surface area contributed by atoms with Crippen LogP contribution < -0.4 is 5.32 Å². The van der Waals surface area contributed by atoms with Crippen molar-refractivity contribution in [3.63, 3.8) is 0 Å². The summed E-state index contributed by atoms with van der Waals surface area (Å²) in [5.41, 5.74) is 0.269. The maximum absolute atomic E-state index is 12.1. The smallest absolute Gasteiger partial charge is 0.242 e. The lowest BCUT2D eigenvalue weighted by atomic mass is 10.3. The van der Waals surface area contributed by atoms with E-state index in [2.05, 4.69) is 10.3 Å². The van der Waals surface area contributed by atoms with Gasteiger partial charge in [0.2, 0.25) is 15.9 Å². The highest BCUT2D eigenvalue weighted by molar-refractivity contribution is 7.89. The number of sulfonamides is 1. The van der Waals surface area contributed by atoms with E-state index in [0.29, 0.717) is 6.54 Å². The van der Waals surface area contributed by atoms with Gasteiger partial charge in [-0.05, 0) is 18.2 Å². The van der Waals surface area contributed by atoms with Gasteiger partial charge in [-0.3, -0.25) is 4.79 Å². The number of hydrogen-bond acceptors (Lipinski definition) is 4. The number of hydrogen-bond donors (Lipinski definition) is 1. The van der Waals surface area contributed by atoms with Gasteiger partial charge in [0.15, 0.2) is 0 Å². The van der Waals surface area contributed by atoms with Crippen LogP contribution in [0.5, 0.6) is 0 Å². The number of rotatable bonds is 6. The third-order valence-electron chi connectivity index (χ3n) is 3.15. The molecule has 0 fully saturated rings. The van der Waals surface area contributed by atoms with E-state index < -0.39 is 10.0 Å². The summed E-state index contributed by atoms with van der Waals surface area (Å²) in [6.07, 6.45) is 5.22. The van der Waals surface area contributed by atoms with Crippen LogP contribution in [0.15, 0.2) is 41.8 Å². The number of carbonyl (C=O) groups is 1. The summed E-state index contributed by atoms with van der Waals surface area (Å²) in [7, 11) is -0.713. The number of imidazole rings is 1. The zero-order valence-electron chi connectivity index (χ0n) is 12.7. The molecule has 0 saturated heterocycles. The maximum Gasteiger partial charge on any atom is 0.242 e. The molecular formula is C14H17ClN4O3S. The molecule has 0 spiro atoms. The van der Waals surface area contributed by atoms with Crippen LogP contribution in [-0.4, -0.2) is 42.3 Å². The molecule has 124 valence electrons. The molecule has 2 rings (SSSR count). The Hall–Kier alpha value is -1.90. The molecular weight excluding hydrogens is 340 g/mol. The predicted molar refractivity (Wildman–Crippen MR) is 87.8 cm³/mol. The van der Waals surface area contributed by atoms with Gasteiger partial charge in [-0.15, -0.1) is 0 Å². The standard InChI is InChI=1S/C14H17ClN4O3S/c1-18(2)23(21,22)11-3-4-12(15)13(9-11)17-14(20)5-7-19-8-6-16-10-19/h3-4,6,8-10H,5,7H2,1-2H3,(H,17,20). The van der Waals surface area contributed by atoms with Crippen LogP contribution in [0, 0.1) is 0 Å². The second kappa shape index (κ2) is 7.12. The Morgan fingerprint density at radius 1 is 1.39 bits per heavy atom. The van der Waals surface area contributed by atoms with E-state index in [1.54, 1.807) is 23.3 Å². The SMILES string of the molecule is CN(C)S(=O)(=O)c1ccc(Cl)c(NC(=O)CCn2ccnc2)c1. The van der Waals surface area contributed by atoms with Crippen molar-refractivity contribution in [3.8, 4) is 0 Å². The zero-order valence-corrected chi connectivity index (χ0v) is 14.3. The maximum atomic E-state index is 12.1. The van der Waals surface area contributed by atoms with Gasteiger partial charge in [0, 0.05) is 39.5 Å². The molecule has 23 heavy (non-hydrogen) atoms. The number of anilines is 1. The third kappa shape index (κ3) is 4.31. The number of halogens is 1. The van der Waals surface area contributed by atoms with E-state index in [0.717, 1.165) is 4.31 Å². The molecule has 0 aliphatic carbocycles. The van der Waals surface area contributed by atoms with Crippen molar-refractivity contribution in [2.75, 3.05) is 19.4 Å². The van der Waals surface area contributed by atoms with Gasteiger partial charge >= 0.3 is 0 Å². The summed E-state index contributed by atoms with van der Waals surface area (Å²) in [6, 6.07) is 4.20. The molecule has 0 atom stereocenters. The average molecular weight is 357 g/mol.